The van der Waals surface area contributed by atoms with Gasteiger partial charge in [-0.15, -0.1) is 0 Å². The van der Waals surface area contributed by atoms with Crippen LogP contribution in [0.1, 0.15) is 6.92 Å². The van der Waals surface area contributed by atoms with E-state index in [2.05, 4.69) is 20.7 Å². The van der Waals surface area contributed by atoms with Crippen LogP contribution in [0.4, 0.5) is 5.69 Å². The number of sulfonamides is 1. The topological polar surface area (TPSA) is 81.4 Å². The Morgan fingerprint density at radius 1 is 1.47 bits per heavy atom. The molecule has 0 radical (unpaired) electrons. The number of anilines is 1. The summed E-state index contributed by atoms with van der Waals surface area (Å²) >= 11 is 3.21. The highest BCUT2D eigenvalue weighted by Gasteiger charge is 2.16. The molecule has 3 N–H and O–H groups in total. The van der Waals surface area contributed by atoms with Gasteiger partial charge in [-0.2, -0.15) is 0 Å². The minimum atomic E-state index is -3.58. The molecule has 0 aromatic heterocycles. The molecule has 0 amide bonds. The van der Waals surface area contributed by atoms with Crippen LogP contribution in [-0.4, -0.2) is 28.2 Å². The molecule has 0 saturated heterocycles. The van der Waals surface area contributed by atoms with Crippen LogP contribution in [0.3, 0.4) is 0 Å². The maximum Gasteiger partial charge on any atom is 0.242 e. The van der Waals surface area contributed by atoms with Crippen LogP contribution in [-0.2, 0) is 14.8 Å². The summed E-state index contributed by atoms with van der Waals surface area (Å²) in [6.07, 6.45) is 0. The van der Waals surface area contributed by atoms with Crippen LogP contribution in [0.25, 0.3) is 0 Å². The lowest BCUT2D eigenvalue weighted by Crippen LogP contribution is -2.28. The van der Waals surface area contributed by atoms with Gasteiger partial charge in [-0.3, -0.25) is 0 Å². The van der Waals surface area contributed by atoms with Crippen molar-refractivity contribution in [2.45, 2.75) is 11.8 Å². The van der Waals surface area contributed by atoms with Gasteiger partial charge < -0.3 is 10.5 Å². The van der Waals surface area contributed by atoms with Gasteiger partial charge in [0.2, 0.25) is 10.0 Å². The minimum Gasteiger partial charge on any atom is -0.398 e. The zero-order chi connectivity index (χ0) is 12.9. The van der Waals surface area contributed by atoms with Crippen LogP contribution in [0.2, 0.25) is 0 Å². The van der Waals surface area contributed by atoms with E-state index in [0.29, 0.717) is 17.7 Å². The van der Waals surface area contributed by atoms with Gasteiger partial charge in [0.15, 0.2) is 0 Å². The zero-order valence-corrected chi connectivity index (χ0v) is 11.8. The molecular weight excluding hydrogens is 308 g/mol. The fourth-order valence-electron chi connectivity index (χ4n) is 1.21. The van der Waals surface area contributed by atoms with Crippen LogP contribution >= 0.6 is 15.9 Å². The molecule has 0 saturated carbocycles. The maximum atomic E-state index is 11.9. The molecule has 7 heteroatoms. The third-order valence-corrected chi connectivity index (χ3v) is 4.02. The number of rotatable bonds is 6. The number of halogens is 1. The van der Waals surface area contributed by atoms with E-state index in [-0.39, 0.29) is 17.1 Å². The first-order valence-corrected chi connectivity index (χ1v) is 7.37. The lowest BCUT2D eigenvalue weighted by Gasteiger charge is -2.09. The van der Waals surface area contributed by atoms with Gasteiger partial charge >= 0.3 is 0 Å². The first kappa shape index (κ1) is 14.4. The van der Waals surface area contributed by atoms with Crippen molar-refractivity contribution >= 4 is 31.6 Å². The molecule has 17 heavy (non-hydrogen) atoms. The van der Waals surface area contributed by atoms with Gasteiger partial charge in [0, 0.05) is 17.6 Å². The highest BCUT2D eigenvalue weighted by molar-refractivity contribution is 9.10. The monoisotopic (exact) mass is 322 g/mol. The molecule has 1 aromatic carbocycles. The van der Waals surface area contributed by atoms with Gasteiger partial charge in [-0.25, -0.2) is 13.1 Å². The van der Waals surface area contributed by atoms with Crippen LogP contribution in [0.15, 0.2) is 27.6 Å². The third-order valence-electron chi connectivity index (χ3n) is 2.01. The van der Waals surface area contributed by atoms with Crippen molar-refractivity contribution in [1.29, 1.82) is 0 Å². The van der Waals surface area contributed by atoms with Crippen molar-refractivity contribution in [3.8, 4) is 0 Å². The van der Waals surface area contributed by atoms with E-state index in [1.165, 1.54) is 6.07 Å². The molecule has 0 fully saturated rings. The molecule has 0 spiro atoms. The quantitative estimate of drug-likeness (QED) is 0.611. The highest BCUT2D eigenvalue weighted by Crippen LogP contribution is 2.22. The second kappa shape index (κ2) is 6.34. The summed E-state index contributed by atoms with van der Waals surface area (Å²) < 4.78 is 31.9. The first-order valence-electron chi connectivity index (χ1n) is 5.10. The van der Waals surface area contributed by atoms with E-state index in [1.54, 1.807) is 12.1 Å². The Morgan fingerprint density at radius 2 is 2.18 bits per heavy atom. The second-order valence-electron chi connectivity index (χ2n) is 3.28. The molecule has 0 unspecified atom stereocenters. The molecule has 0 aliphatic rings. The number of ether oxygens (including phenoxy) is 1. The summed E-state index contributed by atoms with van der Waals surface area (Å²) in [5.41, 5.74) is 5.85. The van der Waals surface area contributed by atoms with E-state index in [1.807, 2.05) is 6.92 Å². The molecule has 5 nitrogen and oxygen atoms in total. The third kappa shape index (κ3) is 4.27. The summed E-state index contributed by atoms with van der Waals surface area (Å²) in [6, 6.07) is 4.70. The average Bonchev–Trinajstić information content (AvgIpc) is 2.28. The van der Waals surface area contributed by atoms with Crippen molar-refractivity contribution in [2.75, 3.05) is 25.5 Å². The van der Waals surface area contributed by atoms with Crippen LogP contribution in [0, 0.1) is 0 Å². The zero-order valence-electron chi connectivity index (χ0n) is 9.44. The van der Waals surface area contributed by atoms with E-state index >= 15 is 0 Å². The van der Waals surface area contributed by atoms with E-state index in [9.17, 15) is 8.42 Å². The summed E-state index contributed by atoms with van der Waals surface area (Å²) in [7, 11) is -3.58. The highest BCUT2D eigenvalue weighted by atomic mass is 79.9. The Balaban J connectivity index is 2.79. The molecule has 0 aliphatic heterocycles. The molecular formula is C10H15BrN2O3S. The Hall–Kier alpha value is -0.630. The van der Waals surface area contributed by atoms with Gasteiger partial charge in [-0.1, -0.05) is 15.9 Å². The molecule has 0 heterocycles. The summed E-state index contributed by atoms with van der Waals surface area (Å²) in [4.78, 5) is 0.0726. The molecule has 1 aromatic rings. The first-order chi connectivity index (χ1) is 7.97. The van der Waals surface area contributed by atoms with Crippen molar-refractivity contribution in [2.24, 2.45) is 0 Å². The molecule has 0 atom stereocenters. The summed E-state index contributed by atoms with van der Waals surface area (Å²) in [5.74, 6) is 0. The van der Waals surface area contributed by atoms with E-state index in [0.717, 1.165) is 0 Å². The van der Waals surface area contributed by atoms with Crippen molar-refractivity contribution in [1.82, 2.24) is 4.72 Å². The number of nitrogen functional groups attached to an aromatic ring is 1. The van der Waals surface area contributed by atoms with Crippen molar-refractivity contribution in [3.05, 3.63) is 22.7 Å². The Bertz CT molecular complexity index is 476. The normalized spacial score (nSPS) is 11.6. The van der Waals surface area contributed by atoms with Crippen molar-refractivity contribution in [3.63, 3.8) is 0 Å². The van der Waals surface area contributed by atoms with E-state index in [4.69, 9.17) is 10.5 Å². The Morgan fingerprint density at radius 3 is 2.82 bits per heavy atom. The largest absolute Gasteiger partial charge is 0.398 e. The maximum absolute atomic E-state index is 11.9. The Labute approximate surface area is 110 Å². The molecule has 1 rings (SSSR count). The smallest absolute Gasteiger partial charge is 0.242 e. The second-order valence-corrected chi connectivity index (χ2v) is 5.93. The van der Waals surface area contributed by atoms with Crippen molar-refractivity contribution < 1.29 is 13.2 Å². The standard InChI is InChI=1S/C10H15BrN2O3S/c1-2-16-6-5-13-17(14,15)10-7-8(11)3-4-9(10)12/h3-4,7,13H,2,5-6,12H2,1H3. The van der Waals surface area contributed by atoms with E-state index < -0.39 is 10.0 Å². The number of benzene rings is 1. The van der Waals surface area contributed by atoms with Crippen LogP contribution < -0.4 is 10.5 Å². The number of hydrogen-bond donors (Lipinski definition) is 2. The fourth-order valence-corrected chi connectivity index (χ4v) is 2.89. The van der Waals surface area contributed by atoms with Gasteiger partial charge in [0.1, 0.15) is 4.90 Å². The Kier molecular flexibility index (Phi) is 5.38. The molecule has 0 bridgehead atoms. The molecule has 0 aliphatic carbocycles. The number of nitrogens with two attached hydrogens (primary N) is 1. The fraction of sp³-hybridized carbons (Fsp3) is 0.400. The predicted octanol–water partition coefficient (Wildman–Crippen LogP) is 1.35. The summed E-state index contributed by atoms with van der Waals surface area (Å²) in [6.45, 7) is 2.97. The van der Waals surface area contributed by atoms with Gasteiger partial charge in [0.05, 0.1) is 12.3 Å². The lowest BCUT2D eigenvalue weighted by atomic mass is 10.3. The molecule has 96 valence electrons. The van der Waals surface area contributed by atoms with Crippen LogP contribution in [0.5, 0.6) is 0 Å². The number of hydrogen-bond acceptors (Lipinski definition) is 4. The van der Waals surface area contributed by atoms with Gasteiger partial charge in [0.25, 0.3) is 0 Å². The summed E-state index contributed by atoms with van der Waals surface area (Å²) in [5, 5.41) is 0. The predicted molar refractivity (Wildman–Crippen MR) is 70.2 cm³/mol. The SMILES string of the molecule is CCOCCNS(=O)(=O)c1cc(Br)ccc1N. The number of nitrogens with one attached hydrogen (secondary N) is 1. The lowest BCUT2D eigenvalue weighted by molar-refractivity contribution is 0.153. The average molecular weight is 323 g/mol. The minimum absolute atomic E-state index is 0.0726. The van der Waals surface area contributed by atoms with Gasteiger partial charge in [-0.05, 0) is 25.1 Å².